The second-order valence-corrected chi connectivity index (χ2v) is 8.18. The van der Waals surface area contributed by atoms with E-state index in [0.29, 0.717) is 31.0 Å². The van der Waals surface area contributed by atoms with E-state index in [1.807, 2.05) is 18.2 Å². The van der Waals surface area contributed by atoms with Crippen LogP contribution < -0.4 is 15.0 Å². The molecule has 0 unspecified atom stereocenters. The molecule has 3 aromatic rings. The minimum atomic E-state index is -0.0200. The number of hydrogen-bond acceptors (Lipinski definition) is 8. The first kappa shape index (κ1) is 20.6. The molecule has 2 aromatic heterocycles. The lowest BCUT2D eigenvalue weighted by Gasteiger charge is -2.29. The molecule has 0 atom stereocenters. The number of anilines is 1. The molecule has 0 spiro atoms. The predicted molar refractivity (Wildman–Crippen MR) is 118 cm³/mol. The third kappa shape index (κ3) is 4.22. The highest BCUT2D eigenvalue weighted by Gasteiger charge is 2.28. The van der Waals surface area contributed by atoms with Crippen LogP contribution in [0, 0.1) is 5.92 Å². The van der Waals surface area contributed by atoms with E-state index >= 15 is 0 Å². The van der Waals surface area contributed by atoms with Crippen molar-refractivity contribution in [3.05, 3.63) is 24.4 Å². The Morgan fingerprint density at radius 3 is 2.75 bits per heavy atom. The van der Waals surface area contributed by atoms with E-state index in [0.717, 1.165) is 55.2 Å². The van der Waals surface area contributed by atoms with E-state index in [9.17, 15) is 4.79 Å². The van der Waals surface area contributed by atoms with Gasteiger partial charge in [-0.25, -0.2) is 0 Å². The number of fused-ring (bicyclic) bond motifs is 1. The average molecular weight is 438 g/mol. The molecule has 1 amide bonds. The molecule has 2 N–H and O–H groups in total. The molecule has 32 heavy (non-hydrogen) atoms. The van der Waals surface area contributed by atoms with E-state index in [4.69, 9.17) is 14.5 Å². The Morgan fingerprint density at radius 1 is 1.16 bits per heavy atom. The third-order valence-electron chi connectivity index (χ3n) is 6.19. The lowest BCUT2D eigenvalue weighted by molar-refractivity contribution is -0.125. The molecular formula is C22H27N7O3. The average Bonchev–Trinajstić information content (AvgIpc) is 3.33. The fraction of sp³-hybridized carbons (Fsp3) is 0.500. The number of nitrogens with zero attached hydrogens (tertiary/aromatic N) is 5. The van der Waals surface area contributed by atoms with Crippen LogP contribution in [0.2, 0.25) is 0 Å². The van der Waals surface area contributed by atoms with E-state index in [2.05, 4.69) is 30.4 Å². The molecule has 10 heteroatoms. The molecule has 5 rings (SSSR count). The number of nitrogens with one attached hydrogen (secondary N) is 2. The van der Waals surface area contributed by atoms with Crippen molar-refractivity contribution < 1.29 is 14.3 Å². The fourth-order valence-corrected chi connectivity index (χ4v) is 4.38. The first-order chi connectivity index (χ1) is 15.7. The molecule has 1 aromatic carbocycles. The molecule has 0 bridgehead atoms. The number of carbonyl (C=O) groups is 1. The van der Waals surface area contributed by atoms with Gasteiger partial charge in [-0.1, -0.05) is 12.1 Å². The van der Waals surface area contributed by atoms with Gasteiger partial charge in [-0.2, -0.15) is 20.1 Å². The van der Waals surface area contributed by atoms with E-state index in [1.165, 1.54) is 0 Å². The first-order valence-electron chi connectivity index (χ1n) is 11.1. The van der Waals surface area contributed by atoms with E-state index in [-0.39, 0.29) is 17.9 Å². The molecule has 1 aliphatic carbocycles. The predicted octanol–water partition coefficient (Wildman–Crippen LogP) is 1.94. The number of morpholine rings is 1. The Hall–Kier alpha value is -3.27. The van der Waals surface area contributed by atoms with Crippen LogP contribution in [0.1, 0.15) is 25.7 Å². The third-order valence-corrected chi connectivity index (χ3v) is 6.19. The van der Waals surface area contributed by atoms with Gasteiger partial charge in [-0.15, -0.1) is 0 Å². The SMILES string of the molecule is CNC(=O)C1CCC(Oc2nc(-c3cccc4[nH]ncc34)nc(N3CCOCC3)n2)CC1. The van der Waals surface area contributed by atoms with E-state index in [1.54, 1.807) is 13.2 Å². The number of ether oxygens (including phenoxy) is 2. The van der Waals surface area contributed by atoms with Crippen molar-refractivity contribution in [2.75, 3.05) is 38.3 Å². The summed E-state index contributed by atoms with van der Waals surface area (Å²) in [5.41, 5.74) is 1.80. The van der Waals surface area contributed by atoms with Crippen molar-refractivity contribution >= 4 is 22.8 Å². The summed E-state index contributed by atoms with van der Waals surface area (Å²) < 4.78 is 11.7. The van der Waals surface area contributed by atoms with Gasteiger partial charge >= 0.3 is 6.01 Å². The topological polar surface area (TPSA) is 118 Å². The lowest BCUT2D eigenvalue weighted by Crippen LogP contribution is -2.37. The number of rotatable bonds is 5. The lowest BCUT2D eigenvalue weighted by atomic mass is 9.87. The molecule has 0 radical (unpaired) electrons. The minimum absolute atomic E-state index is 0.0200. The standard InChI is InChI=1S/C22H27N7O3/c1-23-20(30)14-5-7-15(8-6-14)32-22-26-19(16-3-2-4-18-17(16)13-24-28-18)25-21(27-22)29-9-11-31-12-10-29/h2-4,13-15H,5-12H2,1H3,(H,23,30)(H,24,28). The fourth-order valence-electron chi connectivity index (χ4n) is 4.38. The summed E-state index contributed by atoms with van der Waals surface area (Å²) in [6.45, 7) is 2.71. The quantitative estimate of drug-likeness (QED) is 0.622. The molecule has 2 fully saturated rings. The molecule has 1 aliphatic heterocycles. The summed E-state index contributed by atoms with van der Waals surface area (Å²) in [6, 6.07) is 6.22. The minimum Gasteiger partial charge on any atom is -0.460 e. The van der Waals surface area contributed by atoms with Crippen molar-refractivity contribution in [3.8, 4) is 17.4 Å². The van der Waals surface area contributed by atoms with Gasteiger partial charge in [-0.05, 0) is 31.7 Å². The molecular weight excluding hydrogens is 410 g/mol. The monoisotopic (exact) mass is 437 g/mol. The number of aromatic amines is 1. The van der Waals surface area contributed by atoms with Crippen molar-refractivity contribution in [3.63, 3.8) is 0 Å². The number of amides is 1. The van der Waals surface area contributed by atoms with Crippen LogP contribution in [0.15, 0.2) is 24.4 Å². The van der Waals surface area contributed by atoms with E-state index < -0.39 is 0 Å². The van der Waals surface area contributed by atoms with Gasteiger partial charge in [0.15, 0.2) is 5.82 Å². The Bertz CT molecular complexity index is 1090. The summed E-state index contributed by atoms with van der Waals surface area (Å²) in [5.74, 6) is 1.31. The van der Waals surface area contributed by atoms with Gasteiger partial charge in [0.25, 0.3) is 0 Å². The zero-order valence-corrected chi connectivity index (χ0v) is 18.1. The molecule has 1 saturated heterocycles. The van der Waals surface area contributed by atoms with Gasteiger partial charge in [-0.3, -0.25) is 9.89 Å². The van der Waals surface area contributed by atoms with Crippen LogP contribution in [-0.2, 0) is 9.53 Å². The van der Waals surface area contributed by atoms with Crippen molar-refractivity contribution in [2.45, 2.75) is 31.8 Å². The second-order valence-electron chi connectivity index (χ2n) is 8.18. The van der Waals surface area contributed by atoms with Crippen LogP contribution >= 0.6 is 0 Å². The largest absolute Gasteiger partial charge is 0.460 e. The Morgan fingerprint density at radius 2 is 1.97 bits per heavy atom. The Kier molecular flexibility index (Phi) is 5.85. The summed E-state index contributed by atoms with van der Waals surface area (Å²) in [7, 11) is 1.69. The van der Waals surface area contributed by atoms with Gasteiger partial charge in [0.05, 0.1) is 24.9 Å². The van der Waals surface area contributed by atoms with Crippen LogP contribution in [0.4, 0.5) is 5.95 Å². The zero-order valence-electron chi connectivity index (χ0n) is 18.1. The van der Waals surface area contributed by atoms with Crippen molar-refractivity contribution in [1.29, 1.82) is 0 Å². The van der Waals surface area contributed by atoms with Crippen LogP contribution in [0.5, 0.6) is 6.01 Å². The van der Waals surface area contributed by atoms with Crippen molar-refractivity contribution in [1.82, 2.24) is 30.5 Å². The molecule has 168 valence electrons. The number of hydrogen-bond donors (Lipinski definition) is 2. The van der Waals surface area contributed by atoms with Gasteiger partial charge < -0.3 is 19.7 Å². The highest BCUT2D eigenvalue weighted by molar-refractivity contribution is 5.92. The highest BCUT2D eigenvalue weighted by atomic mass is 16.5. The molecule has 2 aliphatic rings. The maximum absolute atomic E-state index is 11.9. The maximum Gasteiger partial charge on any atom is 0.322 e. The number of benzene rings is 1. The van der Waals surface area contributed by atoms with Crippen LogP contribution in [0.25, 0.3) is 22.3 Å². The Labute approximate surface area is 185 Å². The molecule has 10 nitrogen and oxygen atoms in total. The highest BCUT2D eigenvalue weighted by Crippen LogP contribution is 2.30. The van der Waals surface area contributed by atoms with Gasteiger partial charge in [0.1, 0.15) is 6.10 Å². The Balaban J connectivity index is 1.44. The summed E-state index contributed by atoms with van der Waals surface area (Å²) in [5, 5.41) is 10.8. The number of aromatic nitrogens is 5. The van der Waals surface area contributed by atoms with Crippen LogP contribution in [0.3, 0.4) is 0 Å². The molecule has 1 saturated carbocycles. The maximum atomic E-state index is 11.9. The van der Waals surface area contributed by atoms with Gasteiger partial charge in [0.2, 0.25) is 11.9 Å². The van der Waals surface area contributed by atoms with Crippen molar-refractivity contribution in [2.24, 2.45) is 5.92 Å². The number of H-pyrrole nitrogens is 1. The number of carbonyl (C=O) groups excluding carboxylic acids is 1. The first-order valence-corrected chi connectivity index (χ1v) is 11.1. The van der Waals surface area contributed by atoms with Crippen LogP contribution in [-0.4, -0.2) is 70.5 Å². The summed E-state index contributed by atoms with van der Waals surface area (Å²) in [4.78, 5) is 28.1. The molecule has 3 heterocycles. The normalized spacial score (nSPS) is 21.5. The zero-order chi connectivity index (χ0) is 21.9. The second kappa shape index (κ2) is 9.07. The summed E-state index contributed by atoms with van der Waals surface area (Å²) in [6.07, 6.45) is 4.95. The smallest absolute Gasteiger partial charge is 0.322 e. The van der Waals surface area contributed by atoms with Gasteiger partial charge in [0, 0.05) is 37.0 Å². The summed E-state index contributed by atoms with van der Waals surface area (Å²) >= 11 is 0.